The molecule has 2 aromatic carbocycles. The minimum atomic E-state index is -0.464. The van der Waals surface area contributed by atoms with Crippen molar-refractivity contribution in [1.82, 2.24) is 5.43 Å². The number of furan rings is 1. The molecule has 0 aliphatic heterocycles. The van der Waals surface area contributed by atoms with Gasteiger partial charge in [-0.2, -0.15) is 5.10 Å². The SMILES string of the molecule is COc1ccc(CC(=O)N/N=C\c2ccc(-c3ccc([N+](=O)[O-])cc3)o2)cc1OC. The third-order valence-corrected chi connectivity index (χ3v) is 4.18. The Morgan fingerprint density at radius 1 is 1.10 bits per heavy atom. The van der Waals surface area contributed by atoms with E-state index in [0.717, 1.165) is 5.56 Å². The van der Waals surface area contributed by atoms with Crippen molar-refractivity contribution >= 4 is 17.8 Å². The summed E-state index contributed by atoms with van der Waals surface area (Å²) in [5.41, 5.74) is 3.88. The summed E-state index contributed by atoms with van der Waals surface area (Å²) in [6.07, 6.45) is 1.49. The van der Waals surface area contributed by atoms with Gasteiger partial charge < -0.3 is 13.9 Å². The summed E-state index contributed by atoms with van der Waals surface area (Å²) in [6.45, 7) is 0. The van der Waals surface area contributed by atoms with E-state index in [9.17, 15) is 14.9 Å². The van der Waals surface area contributed by atoms with Crippen LogP contribution < -0.4 is 14.9 Å². The molecule has 9 heteroatoms. The maximum Gasteiger partial charge on any atom is 0.269 e. The van der Waals surface area contributed by atoms with Gasteiger partial charge in [-0.3, -0.25) is 14.9 Å². The topological polar surface area (TPSA) is 116 Å². The molecule has 0 aliphatic carbocycles. The fourth-order valence-corrected chi connectivity index (χ4v) is 2.71. The van der Waals surface area contributed by atoms with E-state index in [1.165, 1.54) is 25.5 Å². The summed E-state index contributed by atoms with van der Waals surface area (Å²) in [4.78, 5) is 22.3. The van der Waals surface area contributed by atoms with Gasteiger partial charge in [0.05, 0.1) is 31.8 Å². The summed E-state index contributed by atoms with van der Waals surface area (Å²) in [5, 5.41) is 14.6. The Bertz CT molecular complexity index is 1070. The van der Waals surface area contributed by atoms with Crippen molar-refractivity contribution in [1.29, 1.82) is 0 Å². The molecule has 3 rings (SSSR count). The number of rotatable bonds is 8. The zero-order chi connectivity index (χ0) is 21.5. The first-order valence-corrected chi connectivity index (χ1v) is 8.87. The lowest BCUT2D eigenvalue weighted by molar-refractivity contribution is -0.384. The van der Waals surface area contributed by atoms with Crippen molar-refractivity contribution in [3.05, 3.63) is 76.0 Å². The first kappa shape index (κ1) is 20.6. The van der Waals surface area contributed by atoms with Crippen molar-refractivity contribution < 1.29 is 23.6 Å². The molecule has 0 spiro atoms. The Kier molecular flexibility index (Phi) is 6.43. The van der Waals surface area contributed by atoms with Crippen LogP contribution in [0, 0.1) is 10.1 Å². The number of carbonyl (C=O) groups excluding carboxylic acids is 1. The smallest absolute Gasteiger partial charge is 0.269 e. The normalized spacial score (nSPS) is 10.7. The predicted molar refractivity (Wildman–Crippen MR) is 110 cm³/mol. The van der Waals surface area contributed by atoms with Crippen molar-refractivity contribution in [2.75, 3.05) is 14.2 Å². The summed E-state index contributed by atoms with van der Waals surface area (Å²) in [6, 6.07) is 14.6. The second-order valence-electron chi connectivity index (χ2n) is 6.17. The molecule has 0 saturated heterocycles. The maximum absolute atomic E-state index is 12.1. The molecular weight excluding hydrogens is 390 g/mol. The molecule has 0 aliphatic rings. The maximum atomic E-state index is 12.1. The van der Waals surface area contributed by atoms with Gasteiger partial charge in [-0.05, 0) is 42.0 Å². The Morgan fingerprint density at radius 2 is 1.83 bits per heavy atom. The fraction of sp³-hybridized carbons (Fsp3) is 0.143. The van der Waals surface area contributed by atoms with Crippen LogP contribution in [-0.4, -0.2) is 31.3 Å². The summed E-state index contributed by atoms with van der Waals surface area (Å²) >= 11 is 0. The van der Waals surface area contributed by atoms with E-state index in [0.29, 0.717) is 28.6 Å². The van der Waals surface area contributed by atoms with Crippen LogP contribution in [0.25, 0.3) is 11.3 Å². The van der Waals surface area contributed by atoms with Crippen molar-refractivity contribution in [3.8, 4) is 22.8 Å². The molecule has 0 radical (unpaired) electrons. The average Bonchev–Trinajstić information content (AvgIpc) is 3.22. The minimum Gasteiger partial charge on any atom is -0.493 e. The number of nitrogens with zero attached hydrogens (tertiary/aromatic N) is 2. The van der Waals surface area contributed by atoms with E-state index >= 15 is 0 Å². The lowest BCUT2D eigenvalue weighted by Gasteiger charge is -2.09. The monoisotopic (exact) mass is 409 g/mol. The van der Waals surface area contributed by atoms with Crippen LogP contribution in [0.15, 0.2) is 64.1 Å². The molecule has 0 saturated carbocycles. The van der Waals surface area contributed by atoms with Crippen LogP contribution in [0.5, 0.6) is 11.5 Å². The highest BCUT2D eigenvalue weighted by Gasteiger charge is 2.09. The number of ether oxygens (including phenoxy) is 2. The predicted octanol–water partition coefficient (Wildman–Crippen LogP) is 3.56. The number of carbonyl (C=O) groups is 1. The lowest BCUT2D eigenvalue weighted by atomic mass is 10.1. The minimum absolute atomic E-state index is 0.00397. The first-order chi connectivity index (χ1) is 14.5. The molecule has 1 aromatic heterocycles. The molecule has 3 aromatic rings. The molecule has 0 atom stereocenters. The number of amides is 1. The number of non-ortho nitro benzene ring substituents is 1. The van der Waals surface area contributed by atoms with Gasteiger partial charge in [-0.25, -0.2) is 5.43 Å². The van der Waals surface area contributed by atoms with Crippen molar-refractivity contribution in [2.24, 2.45) is 5.10 Å². The summed E-state index contributed by atoms with van der Waals surface area (Å²) < 4.78 is 16.0. The van der Waals surface area contributed by atoms with Crippen LogP contribution in [0.2, 0.25) is 0 Å². The Hall–Kier alpha value is -4.14. The van der Waals surface area contributed by atoms with Gasteiger partial charge >= 0.3 is 0 Å². The highest BCUT2D eigenvalue weighted by Crippen LogP contribution is 2.27. The van der Waals surface area contributed by atoms with Crippen LogP contribution in [0.1, 0.15) is 11.3 Å². The van der Waals surface area contributed by atoms with E-state index < -0.39 is 4.92 Å². The highest BCUT2D eigenvalue weighted by atomic mass is 16.6. The largest absolute Gasteiger partial charge is 0.493 e. The zero-order valence-corrected chi connectivity index (χ0v) is 16.3. The second-order valence-corrected chi connectivity index (χ2v) is 6.17. The zero-order valence-electron chi connectivity index (χ0n) is 16.3. The van der Waals surface area contributed by atoms with E-state index in [2.05, 4.69) is 10.5 Å². The molecule has 9 nitrogen and oxygen atoms in total. The number of nitro groups is 1. The molecule has 1 heterocycles. The first-order valence-electron chi connectivity index (χ1n) is 8.87. The lowest BCUT2D eigenvalue weighted by Crippen LogP contribution is -2.19. The van der Waals surface area contributed by atoms with Crippen LogP contribution in [0.3, 0.4) is 0 Å². The number of hydrazone groups is 1. The number of methoxy groups -OCH3 is 2. The molecule has 0 fully saturated rings. The fourth-order valence-electron chi connectivity index (χ4n) is 2.71. The van der Waals surface area contributed by atoms with Crippen molar-refractivity contribution in [3.63, 3.8) is 0 Å². The third-order valence-electron chi connectivity index (χ3n) is 4.18. The molecule has 0 bridgehead atoms. The quantitative estimate of drug-likeness (QED) is 0.345. The third kappa shape index (κ3) is 5.02. The van der Waals surface area contributed by atoms with E-state index in [1.807, 2.05) is 0 Å². The molecule has 1 amide bonds. The second kappa shape index (κ2) is 9.37. The van der Waals surface area contributed by atoms with E-state index in [4.69, 9.17) is 13.9 Å². The molecule has 0 unspecified atom stereocenters. The van der Waals surface area contributed by atoms with Gasteiger partial charge in [0, 0.05) is 17.7 Å². The van der Waals surface area contributed by atoms with E-state index in [-0.39, 0.29) is 18.0 Å². The van der Waals surface area contributed by atoms with Gasteiger partial charge in [0.15, 0.2) is 11.5 Å². The van der Waals surface area contributed by atoms with Crippen LogP contribution >= 0.6 is 0 Å². The Labute approximate surface area is 172 Å². The summed E-state index contributed by atoms with van der Waals surface area (Å²) in [7, 11) is 3.07. The van der Waals surface area contributed by atoms with Gasteiger partial charge in [0.25, 0.3) is 5.69 Å². The number of nitro benzene ring substituents is 1. The van der Waals surface area contributed by atoms with E-state index in [1.54, 1.807) is 49.6 Å². The molecular formula is C21H19N3O6. The number of hydrogen-bond donors (Lipinski definition) is 1. The van der Waals surface area contributed by atoms with Crippen LogP contribution in [0.4, 0.5) is 5.69 Å². The summed E-state index contributed by atoms with van der Waals surface area (Å²) in [5.74, 6) is 1.78. The van der Waals surface area contributed by atoms with Gasteiger partial charge in [0.2, 0.25) is 5.91 Å². The molecule has 154 valence electrons. The number of nitrogens with one attached hydrogen (secondary N) is 1. The average molecular weight is 409 g/mol. The standard InChI is InChI=1S/C21H19N3O6/c1-28-19-9-3-14(11-20(19)29-2)12-21(25)23-22-13-17-8-10-18(30-17)15-4-6-16(7-5-15)24(26)27/h3-11,13H,12H2,1-2H3,(H,23,25)/b22-13-. The van der Waals surface area contributed by atoms with Gasteiger partial charge in [0.1, 0.15) is 11.5 Å². The molecule has 1 N–H and O–H groups in total. The van der Waals surface area contributed by atoms with Crippen LogP contribution in [-0.2, 0) is 11.2 Å². The molecule has 30 heavy (non-hydrogen) atoms. The van der Waals surface area contributed by atoms with Gasteiger partial charge in [-0.1, -0.05) is 6.07 Å². The number of hydrogen-bond acceptors (Lipinski definition) is 7. The Morgan fingerprint density at radius 3 is 2.50 bits per heavy atom. The number of benzene rings is 2. The highest BCUT2D eigenvalue weighted by molar-refractivity contribution is 5.82. The Balaban J connectivity index is 1.58. The van der Waals surface area contributed by atoms with Crippen molar-refractivity contribution in [2.45, 2.75) is 6.42 Å². The van der Waals surface area contributed by atoms with Gasteiger partial charge in [-0.15, -0.1) is 0 Å².